The third kappa shape index (κ3) is 5.63. The molecule has 0 radical (unpaired) electrons. The first-order valence-electron chi connectivity index (χ1n) is 7.02. The average Bonchev–Trinajstić information content (AvgIpc) is 2.65. The van der Waals surface area contributed by atoms with E-state index in [-0.39, 0.29) is 12.3 Å². The molecule has 0 atom stereocenters. The van der Waals surface area contributed by atoms with Gasteiger partial charge in [-0.15, -0.1) is 0 Å². The standard InChI is InChI=1S/C14H21NO3S2/c1-2-3-4-5-6-8-11-13(18)15(14(19)20-11)10-7-9-12(16)17/h8H,2-7,9-10H2,1H3,(H,16,17)/b11-8-. The molecule has 0 unspecified atom stereocenters. The largest absolute Gasteiger partial charge is 0.481 e. The lowest BCUT2D eigenvalue weighted by Gasteiger charge is -2.13. The van der Waals surface area contributed by atoms with Gasteiger partial charge in [-0.2, -0.15) is 0 Å². The van der Waals surface area contributed by atoms with Gasteiger partial charge in [0.25, 0.3) is 5.91 Å². The molecule has 0 bridgehead atoms. The zero-order valence-corrected chi connectivity index (χ0v) is 13.4. The minimum atomic E-state index is -0.845. The van der Waals surface area contributed by atoms with Crippen molar-refractivity contribution in [1.82, 2.24) is 4.90 Å². The molecule has 0 aliphatic carbocycles. The minimum Gasteiger partial charge on any atom is -0.481 e. The lowest BCUT2D eigenvalue weighted by Crippen LogP contribution is -2.29. The van der Waals surface area contributed by atoms with E-state index >= 15 is 0 Å². The third-order valence-corrected chi connectivity index (χ3v) is 4.46. The summed E-state index contributed by atoms with van der Waals surface area (Å²) in [6, 6.07) is 0. The van der Waals surface area contributed by atoms with E-state index in [1.165, 1.54) is 35.9 Å². The van der Waals surface area contributed by atoms with Gasteiger partial charge < -0.3 is 5.11 Å². The summed E-state index contributed by atoms with van der Waals surface area (Å²) >= 11 is 6.50. The van der Waals surface area contributed by atoms with E-state index in [1.54, 1.807) is 0 Å². The summed E-state index contributed by atoms with van der Waals surface area (Å²) in [7, 11) is 0. The van der Waals surface area contributed by atoms with Crippen LogP contribution in [0.15, 0.2) is 11.0 Å². The number of carboxylic acid groups (broad SMARTS) is 1. The predicted molar refractivity (Wildman–Crippen MR) is 85.6 cm³/mol. The molecular formula is C14H21NO3S2. The highest BCUT2D eigenvalue weighted by Crippen LogP contribution is 2.31. The van der Waals surface area contributed by atoms with Gasteiger partial charge in [0.2, 0.25) is 0 Å². The summed E-state index contributed by atoms with van der Waals surface area (Å²) in [6.45, 7) is 2.56. The number of unbranched alkanes of at least 4 members (excludes halogenated alkanes) is 4. The van der Waals surface area contributed by atoms with Crippen molar-refractivity contribution < 1.29 is 14.7 Å². The highest BCUT2D eigenvalue weighted by atomic mass is 32.2. The number of thioether (sulfide) groups is 1. The van der Waals surface area contributed by atoms with Crippen molar-refractivity contribution in [2.75, 3.05) is 6.54 Å². The summed E-state index contributed by atoms with van der Waals surface area (Å²) in [6.07, 6.45) is 8.07. The van der Waals surface area contributed by atoms with Crippen molar-refractivity contribution in [2.24, 2.45) is 0 Å². The fourth-order valence-corrected chi connectivity index (χ4v) is 3.24. The zero-order valence-electron chi connectivity index (χ0n) is 11.8. The lowest BCUT2D eigenvalue weighted by molar-refractivity contribution is -0.137. The predicted octanol–water partition coefficient (Wildman–Crippen LogP) is 3.57. The second-order valence-electron chi connectivity index (χ2n) is 4.74. The highest BCUT2D eigenvalue weighted by Gasteiger charge is 2.31. The topological polar surface area (TPSA) is 57.6 Å². The highest BCUT2D eigenvalue weighted by molar-refractivity contribution is 8.26. The Bertz CT molecular complexity index is 407. The molecule has 1 fully saturated rings. The first-order valence-corrected chi connectivity index (χ1v) is 8.24. The molecule has 0 saturated carbocycles. The third-order valence-electron chi connectivity index (χ3n) is 3.03. The van der Waals surface area contributed by atoms with E-state index in [0.717, 1.165) is 12.8 Å². The SMILES string of the molecule is CCCCCC/C=C1\SC(=S)N(CCCC(=O)O)C1=O. The van der Waals surface area contributed by atoms with Crippen LogP contribution in [0, 0.1) is 0 Å². The second kappa shape index (κ2) is 9.13. The molecule has 1 amide bonds. The molecule has 0 aromatic rings. The first-order chi connectivity index (χ1) is 9.56. The van der Waals surface area contributed by atoms with Gasteiger partial charge >= 0.3 is 5.97 Å². The van der Waals surface area contributed by atoms with E-state index in [0.29, 0.717) is 22.2 Å². The summed E-state index contributed by atoms with van der Waals surface area (Å²) in [5, 5.41) is 8.61. The van der Waals surface area contributed by atoms with E-state index in [2.05, 4.69) is 6.92 Å². The molecular weight excluding hydrogens is 294 g/mol. The maximum atomic E-state index is 12.1. The van der Waals surface area contributed by atoms with Crippen LogP contribution in [-0.2, 0) is 9.59 Å². The quantitative estimate of drug-likeness (QED) is 0.400. The lowest BCUT2D eigenvalue weighted by atomic mass is 10.1. The second-order valence-corrected chi connectivity index (χ2v) is 6.42. The van der Waals surface area contributed by atoms with Gasteiger partial charge in [-0.25, -0.2) is 0 Å². The maximum absolute atomic E-state index is 12.1. The van der Waals surface area contributed by atoms with Gasteiger partial charge in [-0.1, -0.05) is 56.2 Å². The van der Waals surface area contributed by atoms with Crippen LogP contribution in [0.25, 0.3) is 0 Å². The van der Waals surface area contributed by atoms with Gasteiger partial charge in [-0.3, -0.25) is 14.5 Å². The fourth-order valence-electron chi connectivity index (χ4n) is 1.92. The molecule has 1 rings (SSSR count). The number of amides is 1. The minimum absolute atomic E-state index is 0.0626. The Morgan fingerprint density at radius 1 is 1.35 bits per heavy atom. The van der Waals surface area contributed by atoms with Crippen LogP contribution < -0.4 is 0 Å². The van der Waals surface area contributed by atoms with Crippen LogP contribution in [0.1, 0.15) is 51.9 Å². The number of allylic oxidation sites excluding steroid dienone is 1. The van der Waals surface area contributed by atoms with Gasteiger partial charge in [0.1, 0.15) is 4.32 Å². The van der Waals surface area contributed by atoms with Crippen LogP contribution in [-0.4, -0.2) is 32.7 Å². The summed E-state index contributed by atoms with van der Waals surface area (Å²) in [4.78, 5) is 24.8. The van der Waals surface area contributed by atoms with Crippen molar-refractivity contribution in [2.45, 2.75) is 51.9 Å². The fraction of sp³-hybridized carbons (Fsp3) is 0.643. The normalized spacial score (nSPS) is 17.2. The van der Waals surface area contributed by atoms with Gasteiger partial charge in [-0.05, 0) is 19.3 Å². The Hall–Kier alpha value is -0.880. The molecule has 1 aliphatic rings. The molecule has 0 spiro atoms. The van der Waals surface area contributed by atoms with Crippen molar-refractivity contribution in [1.29, 1.82) is 0 Å². The zero-order chi connectivity index (χ0) is 15.0. The van der Waals surface area contributed by atoms with Gasteiger partial charge in [0.15, 0.2) is 0 Å². The number of thiocarbonyl (C=S) groups is 1. The Labute approximate surface area is 129 Å². The van der Waals surface area contributed by atoms with Crippen molar-refractivity contribution in [3.05, 3.63) is 11.0 Å². The number of hydrogen-bond acceptors (Lipinski definition) is 4. The summed E-state index contributed by atoms with van der Waals surface area (Å²) in [5.41, 5.74) is 0. The van der Waals surface area contributed by atoms with Crippen LogP contribution in [0.4, 0.5) is 0 Å². The number of carbonyl (C=O) groups excluding carboxylic acids is 1. The van der Waals surface area contributed by atoms with Crippen LogP contribution in [0.2, 0.25) is 0 Å². The molecule has 6 heteroatoms. The maximum Gasteiger partial charge on any atom is 0.303 e. The molecule has 112 valence electrons. The molecule has 0 aromatic heterocycles. The number of carbonyl (C=O) groups is 2. The van der Waals surface area contributed by atoms with E-state index < -0.39 is 5.97 Å². The van der Waals surface area contributed by atoms with Crippen molar-refractivity contribution >= 4 is 40.2 Å². The van der Waals surface area contributed by atoms with Crippen molar-refractivity contribution in [3.8, 4) is 0 Å². The van der Waals surface area contributed by atoms with E-state index in [1.807, 2.05) is 6.08 Å². The summed E-state index contributed by atoms with van der Waals surface area (Å²) < 4.78 is 0.542. The number of nitrogens with zero attached hydrogens (tertiary/aromatic N) is 1. The molecule has 1 N–H and O–H groups in total. The van der Waals surface area contributed by atoms with Crippen LogP contribution in [0.3, 0.4) is 0 Å². The Kier molecular flexibility index (Phi) is 7.84. The number of hydrogen-bond donors (Lipinski definition) is 1. The Morgan fingerprint density at radius 2 is 2.10 bits per heavy atom. The van der Waals surface area contributed by atoms with E-state index in [9.17, 15) is 9.59 Å². The molecule has 1 saturated heterocycles. The monoisotopic (exact) mass is 315 g/mol. The van der Waals surface area contributed by atoms with E-state index in [4.69, 9.17) is 17.3 Å². The van der Waals surface area contributed by atoms with Crippen LogP contribution >= 0.6 is 24.0 Å². The smallest absolute Gasteiger partial charge is 0.303 e. The van der Waals surface area contributed by atoms with Crippen molar-refractivity contribution in [3.63, 3.8) is 0 Å². The number of rotatable bonds is 9. The first kappa shape index (κ1) is 17.2. The average molecular weight is 315 g/mol. The molecule has 1 heterocycles. The Morgan fingerprint density at radius 3 is 2.75 bits per heavy atom. The Balaban J connectivity index is 2.41. The molecule has 4 nitrogen and oxygen atoms in total. The van der Waals surface area contributed by atoms with Gasteiger partial charge in [0, 0.05) is 13.0 Å². The molecule has 20 heavy (non-hydrogen) atoms. The van der Waals surface area contributed by atoms with Crippen LogP contribution in [0.5, 0.6) is 0 Å². The molecule has 0 aromatic carbocycles. The van der Waals surface area contributed by atoms with Gasteiger partial charge in [0.05, 0.1) is 4.91 Å². The molecule has 1 aliphatic heterocycles. The number of aliphatic carboxylic acids is 1. The number of carboxylic acids is 1. The summed E-state index contributed by atoms with van der Waals surface area (Å²) in [5.74, 6) is -0.914.